The molecule has 360 valence electrons. The monoisotopic (exact) mass is 1050 g/mol. The molecule has 0 fully saturated rings. The van der Waals surface area contributed by atoms with Gasteiger partial charge in [-0.25, -0.2) is 0 Å². The SMILES string of the molecule is c1ccc(-n2c3ccccc3c3cc(-c4ccc5oc6[c]([Ge]([c]7ccccc7)([c]7ccccc7)[c]7cccc8c7oc7ccc(-c9cc%10c%11ccccc%11n(-c%11ccccc%11)c%10cn9)cc78)cccc6c5c4)ccc32)cc1. The van der Waals surface area contributed by atoms with Gasteiger partial charge in [-0.2, -0.15) is 0 Å². The third-order valence-corrected chi connectivity index (χ3v) is 26.2. The van der Waals surface area contributed by atoms with Crippen molar-refractivity contribution in [2.75, 3.05) is 0 Å². The van der Waals surface area contributed by atoms with Crippen molar-refractivity contribution in [1.82, 2.24) is 14.1 Å². The van der Waals surface area contributed by atoms with E-state index in [0.29, 0.717) is 0 Å². The first kappa shape index (κ1) is 43.7. The molecular weight excluding hydrogens is 999 g/mol. The van der Waals surface area contributed by atoms with E-state index < -0.39 is 13.3 Å². The zero-order valence-corrected chi connectivity index (χ0v) is 43.7. The minimum absolute atomic E-state index is 0.840. The predicted octanol–water partition coefficient (Wildman–Crippen LogP) is 15.8. The van der Waals surface area contributed by atoms with E-state index in [9.17, 15) is 0 Å². The van der Waals surface area contributed by atoms with Crippen molar-refractivity contribution in [3.8, 4) is 33.8 Å². The molecule has 5 heterocycles. The first-order valence-corrected chi connectivity index (χ1v) is 30.5. The van der Waals surface area contributed by atoms with Gasteiger partial charge in [0.2, 0.25) is 0 Å². The molecule has 0 spiro atoms. The molecule has 0 bridgehead atoms. The number of fused-ring (bicyclic) bond motifs is 12. The van der Waals surface area contributed by atoms with Gasteiger partial charge in [-0.15, -0.1) is 0 Å². The molecule has 0 aliphatic carbocycles. The topological polar surface area (TPSA) is 49.0 Å². The third-order valence-electron chi connectivity index (χ3n) is 16.1. The zero-order chi connectivity index (χ0) is 50.6. The van der Waals surface area contributed by atoms with Crippen molar-refractivity contribution in [1.29, 1.82) is 0 Å². The van der Waals surface area contributed by atoms with Gasteiger partial charge in [0.25, 0.3) is 0 Å². The van der Waals surface area contributed by atoms with E-state index in [1.165, 1.54) is 50.2 Å². The van der Waals surface area contributed by atoms with Crippen LogP contribution in [0.2, 0.25) is 0 Å². The van der Waals surface area contributed by atoms with Crippen LogP contribution < -0.4 is 17.6 Å². The smallest absolute Gasteiger partial charge is 0.0380 e. The molecule has 5 nitrogen and oxygen atoms in total. The van der Waals surface area contributed by atoms with E-state index in [4.69, 9.17) is 13.8 Å². The van der Waals surface area contributed by atoms with E-state index >= 15 is 0 Å². The molecule has 6 heteroatoms. The van der Waals surface area contributed by atoms with Gasteiger partial charge in [0.1, 0.15) is 0 Å². The Hall–Kier alpha value is -9.69. The average Bonchev–Trinajstić information content (AvgIpc) is 4.49. The van der Waals surface area contributed by atoms with Crippen LogP contribution in [-0.2, 0) is 0 Å². The second kappa shape index (κ2) is 17.2. The summed E-state index contributed by atoms with van der Waals surface area (Å²) in [4.78, 5) is 5.16. The molecule has 0 amide bonds. The Kier molecular flexibility index (Phi) is 9.75. The number of benzene rings is 11. The van der Waals surface area contributed by atoms with Gasteiger partial charge in [-0.3, -0.25) is 0 Å². The summed E-state index contributed by atoms with van der Waals surface area (Å²) in [6.07, 6.45) is 2.03. The molecule has 0 aliphatic rings. The summed E-state index contributed by atoms with van der Waals surface area (Å²) in [7, 11) is 0. The van der Waals surface area contributed by atoms with Gasteiger partial charge < -0.3 is 0 Å². The van der Waals surface area contributed by atoms with Crippen LogP contribution in [0, 0.1) is 0 Å². The van der Waals surface area contributed by atoms with E-state index in [1.807, 2.05) is 6.20 Å². The van der Waals surface area contributed by atoms with Crippen LogP contribution in [-0.4, -0.2) is 27.4 Å². The average molecular weight is 1040 g/mol. The Morgan fingerprint density at radius 3 is 1.27 bits per heavy atom. The van der Waals surface area contributed by atoms with Crippen LogP contribution in [0.3, 0.4) is 0 Å². The van der Waals surface area contributed by atoms with Crippen LogP contribution in [0.25, 0.3) is 121 Å². The predicted molar refractivity (Wildman–Crippen MR) is 322 cm³/mol. The molecule has 0 aliphatic heterocycles. The number of para-hydroxylation sites is 6. The molecule has 0 saturated carbocycles. The quantitative estimate of drug-likeness (QED) is 0.143. The third kappa shape index (κ3) is 6.57. The molecule has 11 aromatic carbocycles. The molecule has 0 unspecified atom stereocenters. The van der Waals surface area contributed by atoms with Gasteiger partial charge >= 0.3 is 375 Å². The van der Waals surface area contributed by atoms with Gasteiger partial charge in [-0.05, 0) is 24.3 Å². The molecule has 0 radical (unpaired) electrons. The Morgan fingerprint density at radius 1 is 0.299 bits per heavy atom. The van der Waals surface area contributed by atoms with Crippen LogP contribution in [0.4, 0.5) is 0 Å². The van der Waals surface area contributed by atoms with E-state index in [-0.39, 0.29) is 0 Å². The van der Waals surface area contributed by atoms with Gasteiger partial charge in [-0.1, -0.05) is 48.5 Å². The van der Waals surface area contributed by atoms with Crippen molar-refractivity contribution in [2.24, 2.45) is 0 Å². The van der Waals surface area contributed by atoms with Gasteiger partial charge in [0, 0.05) is 0 Å². The van der Waals surface area contributed by atoms with Crippen LogP contribution in [0.1, 0.15) is 0 Å². The summed E-state index contributed by atoms with van der Waals surface area (Å²) in [5, 5.41) is 9.14. The minimum Gasteiger partial charge on any atom is -0.0602 e. The van der Waals surface area contributed by atoms with E-state index in [0.717, 1.165) is 88.7 Å². The molecule has 0 saturated heterocycles. The number of furan rings is 2. The van der Waals surface area contributed by atoms with Crippen molar-refractivity contribution >= 4 is 118 Å². The number of hydrogen-bond donors (Lipinski definition) is 0. The van der Waals surface area contributed by atoms with Crippen LogP contribution >= 0.6 is 0 Å². The van der Waals surface area contributed by atoms with E-state index in [2.05, 4.69) is 276 Å². The molecule has 77 heavy (non-hydrogen) atoms. The number of pyridine rings is 1. The maximum Gasteiger partial charge on any atom is -0.0380 e. The summed E-state index contributed by atoms with van der Waals surface area (Å²) in [6, 6.07) is 96.8. The summed E-state index contributed by atoms with van der Waals surface area (Å²) >= 11 is -4.12. The second-order valence-corrected chi connectivity index (χ2v) is 28.0. The van der Waals surface area contributed by atoms with Crippen LogP contribution in [0.15, 0.2) is 282 Å². The van der Waals surface area contributed by atoms with Crippen molar-refractivity contribution < 1.29 is 8.83 Å². The standard InChI is InChI=1S/C71H45GeN3O2/c1-5-19-49(20-6-1)72(50-21-7-2-8-22-50,61-31-17-29-55-59-42-47(36-39-68(59)76-70(55)61)46-35-38-66-57(41-46)53-27-13-15-33-64(53)74(66)51-23-9-3-10-24-51)62-32-18-30-56-60-43-48(37-40-69(60)77-71(56)62)63-44-58-54-28-14-16-34-65(54)75(67(58)45-73-63)52-25-11-4-12-26-52/h1-45H. The van der Waals surface area contributed by atoms with Crippen LogP contribution in [0.5, 0.6) is 0 Å². The molecule has 0 atom stereocenters. The first-order valence-electron chi connectivity index (χ1n) is 26.3. The second-order valence-electron chi connectivity index (χ2n) is 20.2. The molecule has 16 rings (SSSR count). The van der Waals surface area contributed by atoms with Crippen molar-refractivity contribution in [3.05, 3.63) is 273 Å². The fraction of sp³-hybridized carbons (Fsp3) is 0. The summed E-state index contributed by atoms with van der Waals surface area (Å²) in [6.45, 7) is 0. The largest absolute Gasteiger partial charge is 0.0602 e. The fourth-order valence-electron chi connectivity index (χ4n) is 12.7. The fourth-order valence-corrected chi connectivity index (χ4v) is 23.2. The Bertz CT molecular complexity index is 4660. The number of hydrogen-bond acceptors (Lipinski definition) is 3. The summed E-state index contributed by atoms with van der Waals surface area (Å²) in [5.74, 6) is 0. The maximum atomic E-state index is 7.25. The molecule has 5 aromatic heterocycles. The zero-order valence-electron chi connectivity index (χ0n) is 41.6. The van der Waals surface area contributed by atoms with Gasteiger partial charge in [0.15, 0.2) is 0 Å². The number of rotatable bonds is 8. The molecule has 16 aromatic rings. The maximum absolute atomic E-state index is 7.25. The summed E-state index contributed by atoms with van der Waals surface area (Å²) < 4.78 is 24.2. The summed E-state index contributed by atoms with van der Waals surface area (Å²) in [5.41, 5.74) is 14.6. The van der Waals surface area contributed by atoms with E-state index in [1.54, 1.807) is 0 Å². The minimum atomic E-state index is -4.12. The molecule has 0 N–H and O–H groups in total. The molecular formula is C71H45GeN3O2. The van der Waals surface area contributed by atoms with Crippen molar-refractivity contribution in [3.63, 3.8) is 0 Å². The first-order chi connectivity index (χ1) is 38.2. The Labute approximate surface area is 445 Å². The number of aromatic nitrogens is 3. The van der Waals surface area contributed by atoms with Gasteiger partial charge in [0.05, 0.1) is 0 Å². The number of nitrogens with zero attached hydrogens (tertiary/aromatic N) is 3. The Morgan fingerprint density at radius 2 is 0.714 bits per heavy atom. The Balaban J connectivity index is 0.878. The normalized spacial score (nSPS) is 12.2. The van der Waals surface area contributed by atoms with Crippen molar-refractivity contribution in [2.45, 2.75) is 0 Å².